The Bertz CT molecular complexity index is 531. The fourth-order valence-electron chi connectivity index (χ4n) is 2.70. The van der Waals surface area contributed by atoms with Crippen molar-refractivity contribution in [2.45, 2.75) is 37.5 Å². The number of hydrogen-bond donors (Lipinski definition) is 1. The maximum absolute atomic E-state index is 12.6. The highest BCUT2D eigenvalue weighted by Gasteiger charge is 2.29. The van der Waals surface area contributed by atoms with Gasteiger partial charge < -0.3 is 5.73 Å². The standard InChI is InChI=1S/C15H24N2O2S.ClH/c1-2-4-13-6-8-15(9-7-13)20(18,19)17-10-3-5-14(11-16)12-17;/h6-9,14H,2-5,10-12,16H2,1H3;1H. The predicted molar refractivity (Wildman–Crippen MR) is 88.2 cm³/mol. The Hall–Kier alpha value is -0.620. The lowest BCUT2D eigenvalue weighted by molar-refractivity contribution is 0.271. The van der Waals surface area contributed by atoms with Crippen molar-refractivity contribution in [2.75, 3.05) is 19.6 Å². The monoisotopic (exact) mass is 332 g/mol. The van der Waals surface area contributed by atoms with Gasteiger partial charge in [-0.25, -0.2) is 8.42 Å². The molecule has 1 aromatic carbocycles. The molecule has 1 aliphatic rings. The zero-order valence-corrected chi connectivity index (χ0v) is 14.1. The van der Waals surface area contributed by atoms with Crippen molar-refractivity contribution < 1.29 is 8.42 Å². The number of rotatable bonds is 5. The van der Waals surface area contributed by atoms with Crippen LogP contribution in [-0.4, -0.2) is 32.4 Å². The first kappa shape index (κ1) is 18.4. The lowest BCUT2D eigenvalue weighted by Crippen LogP contribution is -2.41. The Morgan fingerprint density at radius 2 is 1.95 bits per heavy atom. The average molecular weight is 333 g/mol. The van der Waals surface area contributed by atoms with Crippen molar-refractivity contribution in [3.8, 4) is 0 Å². The quantitative estimate of drug-likeness (QED) is 0.900. The largest absolute Gasteiger partial charge is 0.330 e. The fraction of sp³-hybridized carbons (Fsp3) is 0.600. The normalized spacial score (nSPS) is 20.0. The van der Waals surface area contributed by atoms with Crippen LogP contribution in [0, 0.1) is 5.92 Å². The SMILES string of the molecule is CCCc1ccc(S(=O)(=O)N2CCCC(CN)C2)cc1.Cl. The van der Waals surface area contributed by atoms with Gasteiger partial charge in [-0.05, 0) is 49.4 Å². The van der Waals surface area contributed by atoms with Gasteiger partial charge in [0.15, 0.2) is 0 Å². The van der Waals surface area contributed by atoms with Gasteiger partial charge in [-0.2, -0.15) is 4.31 Å². The Morgan fingerprint density at radius 3 is 2.52 bits per heavy atom. The van der Waals surface area contributed by atoms with E-state index in [1.807, 2.05) is 12.1 Å². The molecule has 0 saturated carbocycles. The summed E-state index contributed by atoms with van der Waals surface area (Å²) in [5.74, 6) is 0.290. The van der Waals surface area contributed by atoms with Gasteiger partial charge in [0.25, 0.3) is 0 Å². The minimum atomic E-state index is -3.36. The van der Waals surface area contributed by atoms with Crippen LogP contribution in [-0.2, 0) is 16.4 Å². The van der Waals surface area contributed by atoms with E-state index in [4.69, 9.17) is 5.73 Å². The fourth-order valence-corrected chi connectivity index (χ4v) is 4.26. The van der Waals surface area contributed by atoms with E-state index in [-0.39, 0.29) is 18.3 Å². The maximum atomic E-state index is 12.6. The summed E-state index contributed by atoms with van der Waals surface area (Å²) < 4.78 is 26.8. The van der Waals surface area contributed by atoms with Crippen LogP contribution >= 0.6 is 12.4 Å². The molecule has 0 radical (unpaired) electrons. The Kier molecular flexibility index (Phi) is 7.13. The Balaban J connectivity index is 0.00000220. The number of sulfonamides is 1. The van der Waals surface area contributed by atoms with Crippen molar-refractivity contribution in [1.29, 1.82) is 0 Å². The highest BCUT2D eigenvalue weighted by atomic mass is 35.5. The summed E-state index contributed by atoms with van der Waals surface area (Å²) in [5.41, 5.74) is 6.86. The molecule has 0 aromatic heterocycles. The molecule has 1 saturated heterocycles. The third-order valence-electron chi connectivity index (χ3n) is 3.91. The van der Waals surface area contributed by atoms with E-state index >= 15 is 0 Å². The summed E-state index contributed by atoms with van der Waals surface area (Å²) in [7, 11) is -3.36. The van der Waals surface area contributed by atoms with E-state index in [0.717, 1.165) is 25.7 Å². The van der Waals surface area contributed by atoms with Gasteiger partial charge in [0.2, 0.25) is 10.0 Å². The summed E-state index contributed by atoms with van der Waals surface area (Å²) in [5, 5.41) is 0. The third-order valence-corrected chi connectivity index (χ3v) is 5.79. The predicted octanol–water partition coefficient (Wildman–Crippen LogP) is 2.42. The number of benzene rings is 1. The molecular formula is C15H25ClN2O2S. The molecule has 1 fully saturated rings. The van der Waals surface area contributed by atoms with Gasteiger partial charge in [-0.3, -0.25) is 0 Å². The number of halogens is 1. The van der Waals surface area contributed by atoms with E-state index in [1.54, 1.807) is 16.4 Å². The molecule has 2 rings (SSSR count). The third kappa shape index (κ3) is 4.42. The average Bonchev–Trinajstić information content (AvgIpc) is 2.48. The molecule has 2 N–H and O–H groups in total. The number of aryl methyl sites for hydroxylation is 1. The first-order valence-corrected chi connectivity index (χ1v) is 8.81. The second kappa shape index (κ2) is 8.13. The molecular weight excluding hydrogens is 308 g/mol. The van der Waals surface area contributed by atoms with Crippen molar-refractivity contribution in [3.05, 3.63) is 29.8 Å². The maximum Gasteiger partial charge on any atom is 0.243 e. The number of nitrogens with two attached hydrogens (primary N) is 1. The van der Waals surface area contributed by atoms with Crippen LogP contribution in [0.5, 0.6) is 0 Å². The first-order valence-electron chi connectivity index (χ1n) is 7.37. The molecule has 120 valence electrons. The van der Waals surface area contributed by atoms with Gasteiger partial charge in [-0.15, -0.1) is 12.4 Å². The van der Waals surface area contributed by atoms with Crippen molar-refractivity contribution in [3.63, 3.8) is 0 Å². The molecule has 21 heavy (non-hydrogen) atoms. The van der Waals surface area contributed by atoms with E-state index in [1.165, 1.54) is 5.56 Å². The van der Waals surface area contributed by atoms with Crippen LogP contribution in [0.15, 0.2) is 29.2 Å². The van der Waals surface area contributed by atoms with Crippen molar-refractivity contribution in [1.82, 2.24) is 4.31 Å². The summed E-state index contributed by atoms with van der Waals surface area (Å²) in [6.45, 7) is 3.83. The van der Waals surface area contributed by atoms with Gasteiger partial charge >= 0.3 is 0 Å². The van der Waals surface area contributed by atoms with Gasteiger partial charge in [0.1, 0.15) is 0 Å². The van der Waals surface area contributed by atoms with Crippen LogP contribution < -0.4 is 5.73 Å². The van der Waals surface area contributed by atoms with Gasteiger partial charge in [0, 0.05) is 13.1 Å². The molecule has 1 aliphatic heterocycles. The second-order valence-electron chi connectivity index (χ2n) is 5.50. The summed E-state index contributed by atoms with van der Waals surface area (Å²) >= 11 is 0. The van der Waals surface area contributed by atoms with E-state index in [9.17, 15) is 8.42 Å². The summed E-state index contributed by atoms with van der Waals surface area (Å²) in [6.07, 6.45) is 3.97. The smallest absolute Gasteiger partial charge is 0.243 e. The first-order chi connectivity index (χ1) is 9.57. The topological polar surface area (TPSA) is 63.4 Å². The lowest BCUT2D eigenvalue weighted by Gasteiger charge is -2.31. The van der Waals surface area contributed by atoms with Crippen LogP contribution in [0.1, 0.15) is 31.7 Å². The Morgan fingerprint density at radius 1 is 1.29 bits per heavy atom. The minimum absolute atomic E-state index is 0. The molecule has 0 spiro atoms. The summed E-state index contributed by atoms with van der Waals surface area (Å²) in [4.78, 5) is 0.398. The summed E-state index contributed by atoms with van der Waals surface area (Å²) in [6, 6.07) is 7.29. The van der Waals surface area contributed by atoms with Crippen LogP contribution in [0.3, 0.4) is 0 Å². The van der Waals surface area contributed by atoms with Crippen molar-refractivity contribution in [2.24, 2.45) is 11.7 Å². The minimum Gasteiger partial charge on any atom is -0.330 e. The molecule has 6 heteroatoms. The molecule has 0 aliphatic carbocycles. The van der Waals surface area contributed by atoms with E-state index in [0.29, 0.717) is 24.5 Å². The van der Waals surface area contributed by atoms with Crippen LogP contribution in [0.25, 0.3) is 0 Å². The van der Waals surface area contributed by atoms with Crippen LogP contribution in [0.4, 0.5) is 0 Å². The molecule has 1 heterocycles. The zero-order valence-electron chi connectivity index (χ0n) is 12.5. The molecule has 0 amide bonds. The number of nitrogens with zero attached hydrogens (tertiary/aromatic N) is 1. The van der Waals surface area contributed by atoms with Crippen molar-refractivity contribution >= 4 is 22.4 Å². The molecule has 4 nitrogen and oxygen atoms in total. The highest BCUT2D eigenvalue weighted by molar-refractivity contribution is 7.89. The molecule has 0 bridgehead atoms. The lowest BCUT2D eigenvalue weighted by atomic mass is 10.0. The van der Waals surface area contributed by atoms with E-state index < -0.39 is 10.0 Å². The van der Waals surface area contributed by atoms with Gasteiger partial charge in [-0.1, -0.05) is 25.5 Å². The highest BCUT2D eigenvalue weighted by Crippen LogP contribution is 2.23. The van der Waals surface area contributed by atoms with Crippen LogP contribution in [0.2, 0.25) is 0 Å². The van der Waals surface area contributed by atoms with Gasteiger partial charge in [0.05, 0.1) is 4.90 Å². The number of hydrogen-bond acceptors (Lipinski definition) is 3. The zero-order chi connectivity index (χ0) is 14.6. The number of piperidine rings is 1. The molecule has 1 unspecified atom stereocenters. The second-order valence-corrected chi connectivity index (χ2v) is 7.44. The Labute approximate surface area is 134 Å². The molecule has 1 aromatic rings. The van der Waals surface area contributed by atoms with E-state index in [2.05, 4.69) is 6.92 Å². The molecule has 1 atom stereocenters.